The highest BCUT2D eigenvalue weighted by Crippen LogP contribution is 2.29. The summed E-state index contributed by atoms with van der Waals surface area (Å²) in [6.45, 7) is 1.63. The quantitative estimate of drug-likeness (QED) is 0.519. The van der Waals surface area contributed by atoms with Crippen molar-refractivity contribution < 1.29 is 14.9 Å². The zero-order valence-electron chi connectivity index (χ0n) is 11.9. The summed E-state index contributed by atoms with van der Waals surface area (Å²) < 4.78 is 7.96. The lowest BCUT2D eigenvalue weighted by Crippen LogP contribution is -2.28. The minimum absolute atomic E-state index is 0.101. The highest BCUT2D eigenvalue weighted by molar-refractivity contribution is 5.71. The van der Waals surface area contributed by atoms with E-state index in [0.29, 0.717) is 0 Å². The van der Waals surface area contributed by atoms with Crippen LogP contribution in [0, 0.1) is 0 Å². The van der Waals surface area contributed by atoms with Crippen LogP contribution in [-0.4, -0.2) is 48.1 Å². The van der Waals surface area contributed by atoms with Crippen molar-refractivity contribution in [1.82, 2.24) is 19.1 Å². The Morgan fingerprint density at radius 1 is 1.50 bits per heavy atom. The van der Waals surface area contributed by atoms with E-state index in [1.54, 1.807) is 6.92 Å². The van der Waals surface area contributed by atoms with Crippen LogP contribution in [-0.2, 0) is 11.3 Å². The monoisotopic (exact) mass is 311 g/mol. The van der Waals surface area contributed by atoms with Gasteiger partial charge in [-0.15, -0.1) is 0 Å². The van der Waals surface area contributed by atoms with Crippen molar-refractivity contribution in [3.05, 3.63) is 20.8 Å². The fourth-order valence-electron chi connectivity index (χ4n) is 2.79. The topological polar surface area (TPSA) is 148 Å². The number of aliphatic hydroxyl groups excluding tert-OH is 2. The first-order valence-electron chi connectivity index (χ1n) is 6.92. The van der Waals surface area contributed by atoms with Gasteiger partial charge < -0.3 is 20.7 Å². The van der Waals surface area contributed by atoms with Gasteiger partial charge in [-0.25, -0.2) is 9.36 Å². The number of hydrogen-bond acceptors (Lipinski definition) is 7. The molecule has 120 valence electrons. The number of nitrogens with one attached hydrogen (secondary N) is 1. The third-order valence-electron chi connectivity index (χ3n) is 3.82. The highest BCUT2D eigenvalue weighted by atomic mass is 16.5. The maximum atomic E-state index is 12.5. The SMILES string of the molecule is CCn1c(=O)n(C2CC(O)C(CO)O2)c2nc(N)[nH]c(=O)c21. The number of anilines is 1. The van der Waals surface area contributed by atoms with E-state index in [1.807, 2.05) is 0 Å². The van der Waals surface area contributed by atoms with E-state index in [4.69, 9.17) is 15.6 Å². The number of ether oxygens (including phenoxy) is 1. The van der Waals surface area contributed by atoms with Gasteiger partial charge in [0, 0.05) is 13.0 Å². The summed E-state index contributed by atoms with van der Waals surface area (Å²) in [6.07, 6.45) is -2.39. The number of nitrogens with two attached hydrogens (primary N) is 1. The number of H-pyrrole nitrogens is 1. The minimum Gasteiger partial charge on any atom is -0.394 e. The van der Waals surface area contributed by atoms with Crippen molar-refractivity contribution in [3.8, 4) is 0 Å². The lowest BCUT2D eigenvalue weighted by atomic mass is 10.2. The van der Waals surface area contributed by atoms with E-state index in [9.17, 15) is 14.7 Å². The first-order chi connectivity index (χ1) is 10.5. The van der Waals surface area contributed by atoms with E-state index in [2.05, 4.69) is 9.97 Å². The third kappa shape index (κ3) is 2.03. The van der Waals surface area contributed by atoms with Crippen LogP contribution >= 0.6 is 0 Å². The lowest BCUT2D eigenvalue weighted by molar-refractivity contribution is -0.0443. The van der Waals surface area contributed by atoms with Gasteiger partial charge in [-0.3, -0.25) is 14.3 Å². The molecule has 0 amide bonds. The van der Waals surface area contributed by atoms with E-state index < -0.39 is 29.7 Å². The maximum absolute atomic E-state index is 12.5. The molecule has 22 heavy (non-hydrogen) atoms. The second-order valence-corrected chi connectivity index (χ2v) is 5.14. The van der Waals surface area contributed by atoms with Gasteiger partial charge in [-0.2, -0.15) is 4.98 Å². The molecule has 1 aliphatic rings. The molecule has 2 aromatic rings. The Bertz CT molecular complexity index is 822. The molecule has 1 saturated heterocycles. The summed E-state index contributed by atoms with van der Waals surface area (Å²) in [5.41, 5.74) is 4.77. The van der Waals surface area contributed by atoms with Gasteiger partial charge in [0.25, 0.3) is 5.56 Å². The molecule has 0 aromatic carbocycles. The predicted molar refractivity (Wildman–Crippen MR) is 76.3 cm³/mol. The predicted octanol–water partition coefficient (Wildman–Crippen LogP) is -1.87. The van der Waals surface area contributed by atoms with Crippen LogP contribution in [0.4, 0.5) is 5.95 Å². The number of imidazole rings is 1. The highest BCUT2D eigenvalue weighted by Gasteiger charge is 2.37. The van der Waals surface area contributed by atoms with E-state index in [0.717, 1.165) is 0 Å². The van der Waals surface area contributed by atoms with Gasteiger partial charge in [0.2, 0.25) is 5.95 Å². The summed E-state index contributed by atoms with van der Waals surface area (Å²) in [5, 5.41) is 19.0. The first-order valence-corrected chi connectivity index (χ1v) is 6.92. The third-order valence-corrected chi connectivity index (χ3v) is 3.82. The second-order valence-electron chi connectivity index (χ2n) is 5.14. The van der Waals surface area contributed by atoms with Crippen LogP contribution < -0.4 is 17.0 Å². The number of aromatic nitrogens is 4. The molecule has 2 aromatic heterocycles. The van der Waals surface area contributed by atoms with Crippen LogP contribution in [0.1, 0.15) is 19.6 Å². The first kappa shape index (κ1) is 14.8. The van der Waals surface area contributed by atoms with Crippen molar-refractivity contribution in [2.24, 2.45) is 0 Å². The maximum Gasteiger partial charge on any atom is 0.332 e. The molecule has 10 heteroatoms. The molecule has 3 unspecified atom stereocenters. The van der Waals surface area contributed by atoms with Crippen molar-refractivity contribution in [3.63, 3.8) is 0 Å². The number of aliphatic hydroxyl groups is 2. The number of aromatic amines is 1. The Hall–Kier alpha value is -2.17. The Morgan fingerprint density at radius 3 is 2.82 bits per heavy atom. The molecular weight excluding hydrogens is 294 g/mol. The molecule has 10 nitrogen and oxygen atoms in total. The summed E-state index contributed by atoms with van der Waals surface area (Å²) in [6, 6.07) is 0. The van der Waals surface area contributed by atoms with E-state index in [-0.39, 0.29) is 36.7 Å². The largest absolute Gasteiger partial charge is 0.394 e. The van der Waals surface area contributed by atoms with Gasteiger partial charge in [-0.05, 0) is 6.92 Å². The molecule has 3 rings (SSSR count). The molecule has 0 saturated carbocycles. The molecule has 5 N–H and O–H groups in total. The number of fused-ring (bicyclic) bond motifs is 1. The summed E-state index contributed by atoms with van der Waals surface area (Å²) in [4.78, 5) is 31.0. The van der Waals surface area contributed by atoms with Crippen molar-refractivity contribution >= 4 is 17.1 Å². The smallest absolute Gasteiger partial charge is 0.332 e. The molecule has 1 aliphatic heterocycles. The van der Waals surface area contributed by atoms with Gasteiger partial charge in [0.15, 0.2) is 11.2 Å². The Morgan fingerprint density at radius 2 is 2.23 bits per heavy atom. The Kier molecular flexibility index (Phi) is 3.51. The summed E-state index contributed by atoms with van der Waals surface area (Å²) in [7, 11) is 0. The zero-order valence-corrected chi connectivity index (χ0v) is 11.9. The van der Waals surface area contributed by atoms with Gasteiger partial charge in [0.1, 0.15) is 12.3 Å². The number of nitrogen functional groups attached to an aromatic ring is 1. The minimum atomic E-state index is -0.902. The molecule has 0 aliphatic carbocycles. The normalized spacial score (nSPS) is 25.1. The van der Waals surface area contributed by atoms with Gasteiger partial charge in [-0.1, -0.05) is 0 Å². The van der Waals surface area contributed by atoms with Crippen LogP contribution in [0.15, 0.2) is 9.59 Å². The van der Waals surface area contributed by atoms with Gasteiger partial charge in [0.05, 0.1) is 12.7 Å². The molecule has 0 spiro atoms. The number of aryl methyl sites for hydroxylation is 1. The molecular formula is C12H17N5O5. The molecule has 0 radical (unpaired) electrons. The van der Waals surface area contributed by atoms with Crippen molar-refractivity contribution in [2.75, 3.05) is 12.3 Å². The van der Waals surface area contributed by atoms with Crippen LogP contribution in [0.25, 0.3) is 11.2 Å². The number of rotatable bonds is 3. The molecule has 3 atom stereocenters. The summed E-state index contributed by atoms with van der Waals surface area (Å²) in [5.74, 6) is -0.114. The second kappa shape index (κ2) is 5.23. The molecule has 1 fully saturated rings. The zero-order chi connectivity index (χ0) is 16.0. The standard InChI is InChI=1S/C12H17N5O5/c1-2-16-8-9(14-11(13)15-10(8)20)17(12(16)21)7-3-5(19)6(4-18)22-7/h5-7,18-19H,2-4H2,1H3,(H3,13,14,15,20). The average molecular weight is 311 g/mol. The molecule has 3 heterocycles. The number of nitrogens with zero attached hydrogens (tertiary/aromatic N) is 3. The van der Waals surface area contributed by atoms with Gasteiger partial charge >= 0.3 is 5.69 Å². The molecule has 0 bridgehead atoms. The van der Waals surface area contributed by atoms with Crippen molar-refractivity contribution in [1.29, 1.82) is 0 Å². The number of hydrogen-bond donors (Lipinski definition) is 4. The fraction of sp³-hybridized carbons (Fsp3) is 0.583. The van der Waals surface area contributed by atoms with Crippen LogP contribution in [0.2, 0.25) is 0 Å². The Balaban J connectivity index is 2.24. The fourth-order valence-corrected chi connectivity index (χ4v) is 2.79. The average Bonchev–Trinajstić information content (AvgIpc) is 2.95. The van der Waals surface area contributed by atoms with E-state index >= 15 is 0 Å². The lowest BCUT2D eigenvalue weighted by Gasteiger charge is -2.12. The van der Waals surface area contributed by atoms with Crippen LogP contribution in [0.3, 0.4) is 0 Å². The van der Waals surface area contributed by atoms with Crippen molar-refractivity contribution in [2.45, 2.75) is 38.3 Å². The summed E-state index contributed by atoms with van der Waals surface area (Å²) >= 11 is 0. The van der Waals surface area contributed by atoms with Crippen LogP contribution in [0.5, 0.6) is 0 Å². The van der Waals surface area contributed by atoms with E-state index in [1.165, 1.54) is 9.13 Å². The Labute approximate surface area is 123 Å².